The highest BCUT2D eigenvalue weighted by molar-refractivity contribution is 5.76. The number of anilines is 1. The molecule has 1 aliphatic rings. The number of hydrogen-bond donors (Lipinski definition) is 1. The zero-order valence-electron chi connectivity index (χ0n) is 15.3. The predicted molar refractivity (Wildman–Crippen MR) is 101 cm³/mol. The van der Waals surface area contributed by atoms with E-state index >= 15 is 0 Å². The number of imidazole rings is 1. The smallest absolute Gasteiger partial charge is 0.323 e. The van der Waals surface area contributed by atoms with Crippen molar-refractivity contribution < 1.29 is 14.6 Å². The number of carbonyl (C=O) groups is 1. The molecule has 0 radical (unpaired) electrons. The van der Waals surface area contributed by atoms with Gasteiger partial charge >= 0.3 is 5.97 Å². The van der Waals surface area contributed by atoms with Crippen molar-refractivity contribution in [1.29, 1.82) is 0 Å². The van der Waals surface area contributed by atoms with Gasteiger partial charge < -0.3 is 19.3 Å². The van der Waals surface area contributed by atoms with E-state index < -0.39 is 5.97 Å². The topological polar surface area (TPSA) is 67.6 Å². The van der Waals surface area contributed by atoms with Gasteiger partial charge in [0, 0.05) is 37.1 Å². The Labute approximate surface area is 154 Å². The van der Waals surface area contributed by atoms with Gasteiger partial charge in [0.15, 0.2) is 0 Å². The largest absolute Gasteiger partial charge is 0.494 e. The molecule has 0 saturated carbocycles. The van der Waals surface area contributed by atoms with Gasteiger partial charge in [0.25, 0.3) is 0 Å². The molecule has 6 heteroatoms. The van der Waals surface area contributed by atoms with Gasteiger partial charge in [-0.2, -0.15) is 0 Å². The van der Waals surface area contributed by atoms with Crippen LogP contribution < -0.4 is 9.64 Å². The van der Waals surface area contributed by atoms with Crippen molar-refractivity contribution in [3.8, 4) is 5.75 Å². The molecule has 0 amide bonds. The minimum atomic E-state index is -0.800. The summed E-state index contributed by atoms with van der Waals surface area (Å²) in [4.78, 5) is 17.2. The molecule has 1 aliphatic heterocycles. The molecule has 140 valence electrons. The van der Waals surface area contributed by atoms with Crippen LogP contribution in [-0.4, -0.2) is 40.3 Å². The quantitative estimate of drug-likeness (QED) is 0.659. The fourth-order valence-electron chi connectivity index (χ4n) is 3.53. The molecule has 3 rings (SSSR count). The molecular formula is C20H27N3O3. The van der Waals surface area contributed by atoms with Crippen LogP contribution in [0.25, 0.3) is 0 Å². The van der Waals surface area contributed by atoms with Crippen molar-refractivity contribution in [3.63, 3.8) is 0 Å². The minimum absolute atomic E-state index is 0.0330. The zero-order chi connectivity index (χ0) is 18.4. The van der Waals surface area contributed by atoms with E-state index in [-0.39, 0.29) is 6.54 Å². The summed E-state index contributed by atoms with van der Waals surface area (Å²) in [6, 6.07) is 6.06. The Morgan fingerprint density at radius 3 is 3.00 bits per heavy atom. The molecule has 6 nitrogen and oxygen atoms in total. The summed E-state index contributed by atoms with van der Waals surface area (Å²) in [5.41, 5.74) is 2.21. The highest BCUT2D eigenvalue weighted by atomic mass is 16.5. The number of benzene rings is 1. The van der Waals surface area contributed by atoms with E-state index in [1.165, 1.54) is 18.4 Å². The van der Waals surface area contributed by atoms with Crippen molar-refractivity contribution in [2.75, 3.05) is 24.6 Å². The lowest BCUT2D eigenvalue weighted by molar-refractivity contribution is -0.135. The van der Waals surface area contributed by atoms with Gasteiger partial charge in [0.2, 0.25) is 0 Å². The van der Waals surface area contributed by atoms with Gasteiger partial charge in [-0.1, -0.05) is 19.8 Å². The number of unbranched alkanes of at least 4 members (excludes halogenated alkanes) is 2. The Morgan fingerprint density at radius 1 is 1.38 bits per heavy atom. The summed E-state index contributed by atoms with van der Waals surface area (Å²) in [6.45, 7) is 4.54. The van der Waals surface area contributed by atoms with Crippen LogP contribution in [0.5, 0.6) is 5.75 Å². The third kappa shape index (κ3) is 4.56. The van der Waals surface area contributed by atoms with Crippen molar-refractivity contribution in [2.45, 2.75) is 45.1 Å². The summed E-state index contributed by atoms with van der Waals surface area (Å²) in [5, 5.41) is 9.21. The Morgan fingerprint density at radius 2 is 2.27 bits per heavy atom. The van der Waals surface area contributed by atoms with Crippen molar-refractivity contribution >= 4 is 11.7 Å². The Hall–Kier alpha value is -2.50. The van der Waals surface area contributed by atoms with E-state index in [1.54, 1.807) is 6.20 Å². The van der Waals surface area contributed by atoms with Crippen LogP contribution in [0.2, 0.25) is 0 Å². The highest BCUT2D eigenvalue weighted by Crippen LogP contribution is 2.40. The highest BCUT2D eigenvalue weighted by Gasteiger charge is 2.30. The number of hydrogen-bond acceptors (Lipinski definition) is 4. The Kier molecular flexibility index (Phi) is 6.15. The van der Waals surface area contributed by atoms with Gasteiger partial charge in [-0.05, 0) is 36.6 Å². The SMILES string of the molecule is CCCCCOc1ccc2c(c1)C(CCn1ccnc1)CN2CC(=O)O. The average Bonchev–Trinajstić information content (AvgIpc) is 3.25. The molecule has 1 N–H and O–H groups in total. The molecule has 26 heavy (non-hydrogen) atoms. The first-order chi connectivity index (χ1) is 12.7. The number of rotatable bonds is 10. The molecule has 0 spiro atoms. The number of aliphatic carboxylic acids is 1. The van der Waals surface area contributed by atoms with Gasteiger partial charge in [-0.25, -0.2) is 4.98 Å². The lowest BCUT2D eigenvalue weighted by Crippen LogP contribution is -2.28. The number of carboxylic acid groups (broad SMARTS) is 1. The maximum Gasteiger partial charge on any atom is 0.323 e. The predicted octanol–water partition coefficient (Wildman–Crippen LogP) is 3.53. The van der Waals surface area contributed by atoms with Crippen LogP contribution in [0, 0.1) is 0 Å². The van der Waals surface area contributed by atoms with Gasteiger partial charge in [-0.15, -0.1) is 0 Å². The molecule has 0 bridgehead atoms. The molecule has 0 saturated heterocycles. The third-order valence-electron chi connectivity index (χ3n) is 4.86. The second-order valence-corrected chi connectivity index (χ2v) is 6.84. The number of nitrogens with zero attached hydrogens (tertiary/aromatic N) is 3. The fourth-order valence-corrected chi connectivity index (χ4v) is 3.53. The molecule has 1 aromatic carbocycles. The van der Waals surface area contributed by atoms with E-state index in [9.17, 15) is 9.90 Å². The lowest BCUT2D eigenvalue weighted by Gasteiger charge is -2.17. The first-order valence-corrected chi connectivity index (χ1v) is 9.36. The molecule has 1 unspecified atom stereocenters. The molecule has 2 heterocycles. The zero-order valence-corrected chi connectivity index (χ0v) is 15.3. The van der Waals surface area contributed by atoms with E-state index in [4.69, 9.17) is 4.74 Å². The summed E-state index contributed by atoms with van der Waals surface area (Å²) < 4.78 is 7.96. The van der Waals surface area contributed by atoms with Crippen molar-refractivity contribution in [2.24, 2.45) is 0 Å². The maximum absolute atomic E-state index is 11.2. The number of aromatic nitrogens is 2. The Bertz CT molecular complexity index is 715. The molecule has 1 atom stereocenters. The number of aryl methyl sites for hydroxylation is 1. The first kappa shape index (κ1) is 18.3. The van der Waals surface area contributed by atoms with Gasteiger partial charge in [-0.3, -0.25) is 4.79 Å². The van der Waals surface area contributed by atoms with Crippen LogP contribution in [-0.2, 0) is 11.3 Å². The minimum Gasteiger partial charge on any atom is -0.494 e. The summed E-state index contributed by atoms with van der Waals surface area (Å²) in [7, 11) is 0. The second kappa shape index (κ2) is 8.74. The van der Waals surface area contributed by atoms with E-state index in [1.807, 2.05) is 29.6 Å². The van der Waals surface area contributed by atoms with Crippen LogP contribution in [0.3, 0.4) is 0 Å². The second-order valence-electron chi connectivity index (χ2n) is 6.84. The lowest BCUT2D eigenvalue weighted by atomic mass is 9.97. The standard InChI is InChI=1S/C20H27N3O3/c1-2-3-4-11-26-17-5-6-19-18(12-17)16(13-23(19)14-20(24)25)7-9-22-10-8-21-15-22/h5-6,8,10,12,15-16H,2-4,7,9,11,13-14H2,1H3,(H,24,25). The summed E-state index contributed by atoms with van der Waals surface area (Å²) >= 11 is 0. The number of fused-ring (bicyclic) bond motifs is 1. The molecule has 0 fully saturated rings. The van der Waals surface area contributed by atoms with E-state index in [0.717, 1.165) is 44.0 Å². The van der Waals surface area contributed by atoms with E-state index in [2.05, 4.69) is 22.5 Å². The Balaban J connectivity index is 1.71. The molecule has 2 aromatic rings. The van der Waals surface area contributed by atoms with Crippen LogP contribution in [0.4, 0.5) is 5.69 Å². The maximum atomic E-state index is 11.2. The number of carboxylic acids is 1. The van der Waals surface area contributed by atoms with Crippen molar-refractivity contribution in [3.05, 3.63) is 42.5 Å². The van der Waals surface area contributed by atoms with Crippen LogP contribution in [0.15, 0.2) is 36.9 Å². The third-order valence-corrected chi connectivity index (χ3v) is 4.86. The summed E-state index contributed by atoms with van der Waals surface area (Å²) in [6.07, 6.45) is 9.90. The first-order valence-electron chi connectivity index (χ1n) is 9.36. The molecule has 0 aliphatic carbocycles. The molecular weight excluding hydrogens is 330 g/mol. The average molecular weight is 357 g/mol. The monoisotopic (exact) mass is 357 g/mol. The molecule has 1 aromatic heterocycles. The number of ether oxygens (including phenoxy) is 1. The fraction of sp³-hybridized carbons (Fsp3) is 0.500. The van der Waals surface area contributed by atoms with E-state index in [0.29, 0.717) is 5.92 Å². The summed E-state index contributed by atoms with van der Waals surface area (Å²) in [5.74, 6) is 0.377. The van der Waals surface area contributed by atoms with Gasteiger partial charge in [0.1, 0.15) is 12.3 Å². The van der Waals surface area contributed by atoms with Gasteiger partial charge in [0.05, 0.1) is 12.9 Å². The van der Waals surface area contributed by atoms with Crippen LogP contribution in [0.1, 0.15) is 44.1 Å². The normalized spacial score (nSPS) is 15.9. The van der Waals surface area contributed by atoms with Crippen molar-refractivity contribution in [1.82, 2.24) is 9.55 Å². The van der Waals surface area contributed by atoms with Crippen LogP contribution >= 0.6 is 0 Å².